The van der Waals surface area contributed by atoms with E-state index < -0.39 is 18.1 Å². The van der Waals surface area contributed by atoms with E-state index in [-0.39, 0.29) is 18.0 Å². The molecule has 6 N–H and O–H groups in total. The molecule has 1 aromatic rings. The van der Waals surface area contributed by atoms with Crippen LogP contribution in [0.4, 0.5) is 0 Å². The molecule has 1 aromatic carbocycles. The van der Waals surface area contributed by atoms with Crippen LogP contribution >= 0.6 is 24.4 Å². The van der Waals surface area contributed by atoms with Gasteiger partial charge in [-0.1, -0.05) is 50.6 Å². The Hall–Kier alpha value is -1.26. The zero-order valence-electron chi connectivity index (χ0n) is 19.4. The normalized spacial score (nSPS) is 16.0. The van der Waals surface area contributed by atoms with Crippen LogP contribution < -0.4 is 21.7 Å². The Morgan fingerprint density at radius 3 is 2.41 bits per heavy atom. The van der Waals surface area contributed by atoms with Gasteiger partial charge in [0.15, 0.2) is 0 Å². The van der Waals surface area contributed by atoms with Gasteiger partial charge < -0.3 is 26.8 Å². The first-order valence-electron chi connectivity index (χ1n) is 11.2. The number of carboxylic acids is 1. The van der Waals surface area contributed by atoms with Crippen LogP contribution in [0.1, 0.15) is 32.3 Å². The topological polar surface area (TPSA) is 116 Å². The van der Waals surface area contributed by atoms with E-state index in [2.05, 4.69) is 42.4 Å². The van der Waals surface area contributed by atoms with Crippen LogP contribution in [-0.2, 0) is 16.0 Å². The average Bonchev–Trinajstić information content (AvgIpc) is 2.80. The molecule has 0 fully saturated rings. The minimum absolute atomic E-state index is 0.0407. The van der Waals surface area contributed by atoms with Gasteiger partial charge >= 0.3 is 5.97 Å². The van der Waals surface area contributed by atoms with Crippen molar-refractivity contribution in [1.29, 1.82) is 0 Å². The van der Waals surface area contributed by atoms with Crippen molar-refractivity contribution in [2.45, 2.75) is 57.3 Å². The highest BCUT2D eigenvalue weighted by Gasteiger charge is 2.26. The van der Waals surface area contributed by atoms with Gasteiger partial charge in [0, 0.05) is 30.9 Å². The molecule has 0 aliphatic carbocycles. The van der Waals surface area contributed by atoms with Gasteiger partial charge in [-0.05, 0) is 36.3 Å². The van der Waals surface area contributed by atoms with Gasteiger partial charge in [0.2, 0.25) is 5.91 Å². The number of benzene rings is 1. The largest absolute Gasteiger partial charge is 0.480 e. The molecule has 1 amide bonds. The van der Waals surface area contributed by atoms with Gasteiger partial charge in [-0.25, -0.2) is 4.79 Å². The van der Waals surface area contributed by atoms with Gasteiger partial charge in [0.1, 0.15) is 6.04 Å². The second-order valence-corrected chi connectivity index (χ2v) is 9.53. The van der Waals surface area contributed by atoms with Crippen LogP contribution in [0.5, 0.6) is 0 Å². The molecule has 0 heterocycles. The Morgan fingerprint density at radius 2 is 1.84 bits per heavy atom. The second-order valence-electron chi connectivity index (χ2n) is 8.17. The number of nitrogens with one attached hydrogen (secondary N) is 3. The molecule has 182 valence electrons. The molecule has 7 nitrogen and oxygen atoms in total. The van der Waals surface area contributed by atoms with Gasteiger partial charge in [-0.3, -0.25) is 4.79 Å². The molecule has 0 aliphatic heterocycles. The van der Waals surface area contributed by atoms with E-state index in [9.17, 15) is 14.7 Å². The summed E-state index contributed by atoms with van der Waals surface area (Å²) >= 11 is 5.81. The molecule has 0 saturated carbocycles. The van der Waals surface area contributed by atoms with E-state index in [1.807, 2.05) is 36.6 Å². The van der Waals surface area contributed by atoms with Crippen molar-refractivity contribution >= 4 is 36.3 Å². The van der Waals surface area contributed by atoms with Gasteiger partial charge in [0.05, 0.1) is 6.04 Å². The minimum Gasteiger partial charge on any atom is -0.480 e. The maximum absolute atomic E-state index is 13.1. The van der Waals surface area contributed by atoms with Crippen molar-refractivity contribution in [2.24, 2.45) is 11.7 Å². The number of hydrogen-bond acceptors (Lipinski definition) is 7. The number of hydrogen-bond donors (Lipinski definition) is 6. The average molecular weight is 485 g/mol. The molecule has 0 aliphatic rings. The van der Waals surface area contributed by atoms with Crippen LogP contribution in [0, 0.1) is 5.92 Å². The number of carboxylic acid groups (broad SMARTS) is 1. The fourth-order valence-corrected chi connectivity index (χ4v) is 3.87. The zero-order chi connectivity index (χ0) is 23.9. The summed E-state index contributed by atoms with van der Waals surface area (Å²) in [5, 5.41) is 19.1. The summed E-state index contributed by atoms with van der Waals surface area (Å²) in [5.74, 6) is 0.338. The molecule has 0 saturated heterocycles. The van der Waals surface area contributed by atoms with Crippen molar-refractivity contribution in [3.8, 4) is 0 Å². The van der Waals surface area contributed by atoms with Crippen molar-refractivity contribution in [3.63, 3.8) is 0 Å². The van der Waals surface area contributed by atoms with Gasteiger partial charge in [-0.15, -0.1) is 0 Å². The lowest BCUT2D eigenvalue weighted by Crippen LogP contribution is -2.55. The van der Waals surface area contributed by atoms with Gasteiger partial charge in [0.25, 0.3) is 0 Å². The Kier molecular flexibility index (Phi) is 14.7. The highest BCUT2D eigenvalue weighted by atomic mass is 32.2. The predicted octanol–water partition coefficient (Wildman–Crippen LogP) is 1.77. The smallest absolute Gasteiger partial charge is 0.326 e. The second kappa shape index (κ2) is 16.4. The summed E-state index contributed by atoms with van der Waals surface area (Å²) in [6.07, 6.45) is 3.77. The SMILES string of the molecule is CC[C@H](C)[C@@H](CN[C@@H](Cc1ccccc1)C(=O)N[C@@H](CCSC)C(=O)O)NC[C@@H](N)CS. The summed E-state index contributed by atoms with van der Waals surface area (Å²) in [4.78, 5) is 24.7. The first-order chi connectivity index (χ1) is 15.3. The van der Waals surface area contributed by atoms with Crippen LogP contribution in [0.25, 0.3) is 0 Å². The molecule has 0 aromatic heterocycles. The molecule has 0 spiro atoms. The molecular weight excluding hydrogens is 444 g/mol. The van der Waals surface area contributed by atoms with Crippen LogP contribution in [0.3, 0.4) is 0 Å². The number of amides is 1. The number of rotatable bonds is 17. The Bertz CT molecular complexity index is 666. The third-order valence-electron chi connectivity index (χ3n) is 5.62. The molecule has 1 rings (SSSR count). The maximum Gasteiger partial charge on any atom is 0.326 e. The first-order valence-corrected chi connectivity index (χ1v) is 13.2. The Balaban J connectivity index is 2.91. The van der Waals surface area contributed by atoms with E-state index in [0.717, 1.165) is 12.0 Å². The van der Waals surface area contributed by atoms with Crippen molar-refractivity contribution in [3.05, 3.63) is 35.9 Å². The first kappa shape index (κ1) is 28.8. The predicted molar refractivity (Wildman–Crippen MR) is 138 cm³/mol. The molecule has 0 unspecified atom stereocenters. The summed E-state index contributed by atoms with van der Waals surface area (Å²) in [6, 6.07) is 8.40. The number of thiol groups is 1. The number of aliphatic carboxylic acids is 1. The van der Waals surface area contributed by atoms with E-state index in [0.29, 0.717) is 43.4 Å². The fraction of sp³-hybridized carbons (Fsp3) is 0.652. The third-order valence-corrected chi connectivity index (χ3v) is 6.73. The Labute approximate surface area is 202 Å². The number of carbonyl (C=O) groups is 2. The zero-order valence-corrected chi connectivity index (χ0v) is 21.1. The molecule has 0 bridgehead atoms. The van der Waals surface area contributed by atoms with E-state index in [4.69, 9.17) is 5.73 Å². The lowest BCUT2D eigenvalue weighted by atomic mass is 9.97. The molecule has 9 heteroatoms. The summed E-state index contributed by atoms with van der Waals surface area (Å²) in [5.41, 5.74) is 7.03. The number of thioether (sulfide) groups is 1. The minimum atomic E-state index is -1.01. The summed E-state index contributed by atoms with van der Waals surface area (Å²) in [6.45, 7) is 5.52. The third kappa shape index (κ3) is 11.0. The summed E-state index contributed by atoms with van der Waals surface area (Å²) in [7, 11) is 0. The fourth-order valence-electron chi connectivity index (χ4n) is 3.27. The van der Waals surface area contributed by atoms with Crippen molar-refractivity contribution in [1.82, 2.24) is 16.0 Å². The maximum atomic E-state index is 13.1. The van der Waals surface area contributed by atoms with E-state index >= 15 is 0 Å². The molecular formula is C23H40N4O3S2. The van der Waals surface area contributed by atoms with E-state index in [1.165, 1.54) is 0 Å². The quantitative estimate of drug-likeness (QED) is 0.187. The van der Waals surface area contributed by atoms with Crippen LogP contribution in [0.2, 0.25) is 0 Å². The molecule has 5 atom stereocenters. The van der Waals surface area contributed by atoms with Crippen LogP contribution in [0.15, 0.2) is 30.3 Å². The molecule has 0 radical (unpaired) electrons. The van der Waals surface area contributed by atoms with Crippen molar-refractivity contribution < 1.29 is 14.7 Å². The van der Waals surface area contributed by atoms with Gasteiger partial charge in [-0.2, -0.15) is 24.4 Å². The lowest BCUT2D eigenvalue weighted by molar-refractivity contribution is -0.142. The van der Waals surface area contributed by atoms with Crippen LogP contribution in [-0.4, -0.2) is 72.0 Å². The van der Waals surface area contributed by atoms with Crippen molar-refractivity contribution in [2.75, 3.05) is 30.9 Å². The standard InChI is InChI=1S/C23H40N4O3S2/c1-4-16(2)21(25-13-18(24)15-31)14-26-20(12-17-8-6-5-7-9-17)22(28)27-19(23(29)30)10-11-32-3/h5-9,16,18-21,25-26,31H,4,10-15,24H2,1-3H3,(H,27,28)(H,29,30)/t16-,18+,19-,20-,21+/m0/s1. The number of nitrogens with two attached hydrogens (primary N) is 1. The number of carbonyl (C=O) groups excluding carboxylic acids is 1. The Morgan fingerprint density at radius 1 is 1.16 bits per heavy atom. The monoisotopic (exact) mass is 484 g/mol. The highest BCUT2D eigenvalue weighted by molar-refractivity contribution is 7.98. The highest BCUT2D eigenvalue weighted by Crippen LogP contribution is 2.10. The lowest BCUT2D eigenvalue weighted by Gasteiger charge is -2.29. The van der Waals surface area contributed by atoms with E-state index in [1.54, 1.807) is 11.8 Å². The summed E-state index contributed by atoms with van der Waals surface area (Å²) < 4.78 is 0. The molecule has 32 heavy (non-hydrogen) atoms.